The molecule has 7 heteroatoms. The van der Waals surface area contributed by atoms with Gasteiger partial charge in [0.1, 0.15) is 0 Å². The van der Waals surface area contributed by atoms with E-state index in [-0.39, 0.29) is 0 Å². The fourth-order valence-electron chi connectivity index (χ4n) is 1.32. The molecule has 0 bridgehead atoms. The van der Waals surface area contributed by atoms with E-state index in [0.717, 1.165) is 16.8 Å². The van der Waals surface area contributed by atoms with E-state index >= 15 is 0 Å². The largest absolute Gasteiger partial charge is 0.399 e. The third-order valence-corrected chi connectivity index (χ3v) is 4.05. The van der Waals surface area contributed by atoms with Crippen LogP contribution in [0.3, 0.4) is 0 Å². The van der Waals surface area contributed by atoms with Gasteiger partial charge >= 0.3 is 13.3 Å². The number of halogens is 2. The lowest BCUT2D eigenvalue weighted by atomic mass is 10.2. The molecule has 1 aromatic carbocycles. The fourth-order valence-corrected chi connectivity index (χ4v) is 2.57. The molecule has 0 atom stereocenters. The summed E-state index contributed by atoms with van der Waals surface area (Å²) < 4.78 is 38.1. The molecular weight excluding hydrogens is 257 g/mol. The Bertz CT molecular complexity index is 575. The van der Waals surface area contributed by atoms with Gasteiger partial charge in [-0.2, -0.15) is 8.78 Å². The summed E-state index contributed by atoms with van der Waals surface area (Å²) in [6.45, 7) is 0. The van der Waals surface area contributed by atoms with Crippen molar-refractivity contribution in [3.05, 3.63) is 35.2 Å². The standard InChI is InChI=1S/C9H7F2O3PS/c10-9(11,15(12,13)14)7-1-2-8-6(5-7)3-4-16-8/h1-5H,(H2,12,13,14). The number of thiophene rings is 1. The Hall–Kier alpha value is -0.810. The molecule has 0 aliphatic rings. The van der Waals surface area contributed by atoms with E-state index in [1.54, 1.807) is 11.4 Å². The Morgan fingerprint density at radius 2 is 1.94 bits per heavy atom. The molecule has 0 fully saturated rings. The second-order valence-corrected chi connectivity index (χ2v) is 5.86. The van der Waals surface area contributed by atoms with Gasteiger partial charge in [0.2, 0.25) is 0 Å². The normalized spacial score (nSPS) is 13.2. The van der Waals surface area contributed by atoms with Crippen LogP contribution < -0.4 is 0 Å². The van der Waals surface area contributed by atoms with Gasteiger partial charge in [-0.15, -0.1) is 11.3 Å². The average molecular weight is 264 g/mol. The van der Waals surface area contributed by atoms with Gasteiger partial charge in [-0.05, 0) is 29.0 Å². The van der Waals surface area contributed by atoms with Crippen LogP contribution in [0.1, 0.15) is 5.56 Å². The molecule has 16 heavy (non-hydrogen) atoms. The summed E-state index contributed by atoms with van der Waals surface area (Å²) in [5.41, 5.74) is -4.80. The monoisotopic (exact) mass is 264 g/mol. The first-order chi connectivity index (χ1) is 7.32. The zero-order chi connectivity index (χ0) is 12.0. The average Bonchev–Trinajstić information content (AvgIpc) is 2.61. The predicted molar refractivity (Wildman–Crippen MR) is 57.8 cm³/mol. The third-order valence-electron chi connectivity index (χ3n) is 2.17. The first-order valence-corrected chi connectivity index (χ1v) is 6.73. The van der Waals surface area contributed by atoms with E-state index < -0.39 is 18.8 Å². The quantitative estimate of drug-likeness (QED) is 0.819. The SMILES string of the molecule is O=P(O)(O)C(F)(F)c1ccc2sccc2c1. The number of hydrogen-bond donors (Lipinski definition) is 2. The zero-order valence-corrected chi connectivity index (χ0v) is 9.51. The second-order valence-electron chi connectivity index (χ2n) is 3.26. The molecule has 2 aromatic rings. The lowest BCUT2D eigenvalue weighted by Gasteiger charge is -2.17. The Labute approximate surface area is 93.5 Å². The predicted octanol–water partition coefficient (Wildman–Crippen LogP) is 3.13. The summed E-state index contributed by atoms with van der Waals surface area (Å²) in [6.07, 6.45) is 0. The van der Waals surface area contributed by atoms with Gasteiger partial charge in [-0.1, -0.05) is 6.07 Å². The fraction of sp³-hybridized carbons (Fsp3) is 0.111. The number of rotatable bonds is 2. The molecule has 0 spiro atoms. The van der Waals surface area contributed by atoms with Crippen molar-refractivity contribution in [3.8, 4) is 0 Å². The number of benzene rings is 1. The van der Waals surface area contributed by atoms with Crippen molar-refractivity contribution >= 4 is 29.0 Å². The second kappa shape index (κ2) is 3.60. The molecule has 0 saturated carbocycles. The maximum absolute atomic E-state index is 13.3. The van der Waals surface area contributed by atoms with E-state index in [1.165, 1.54) is 17.4 Å². The van der Waals surface area contributed by atoms with Gasteiger partial charge in [0, 0.05) is 10.3 Å². The summed E-state index contributed by atoms with van der Waals surface area (Å²) in [7, 11) is -5.48. The minimum Gasteiger partial charge on any atom is -0.320 e. The molecular formula is C9H7F2O3PS. The van der Waals surface area contributed by atoms with Crippen molar-refractivity contribution in [2.75, 3.05) is 0 Å². The van der Waals surface area contributed by atoms with Crippen LogP contribution in [0.2, 0.25) is 0 Å². The van der Waals surface area contributed by atoms with Crippen LogP contribution >= 0.6 is 18.9 Å². The van der Waals surface area contributed by atoms with Crippen LogP contribution in [0.5, 0.6) is 0 Å². The molecule has 0 aliphatic carbocycles. The Morgan fingerprint density at radius 3 is 2.56 bits per heavy atom. The summed E-state index contributed by atoms with van der Waals surface area (Å²) in [6, 6.07) is 5.20. The van der Waals surface area contributed by atoms with Crippen molar-refractivity contribution in [1.82, 2.24) is 0 Å². The Morgan fingerprint density at radius 1 is 1.25 bits per heavy atom. The van der Waals surface area contributed by atoms with Crippen molar-refractivity contribution in [3.63, 3.8) is 0 Å². The van der Waals surface area contributed by atoms with Crippen molar-refractivity contribution in [2.24, 2.45) is 0 Å². The summed E-state index contributed by atoms with van der Waals surface area (Å²) in [5, 5.41) is 2.28. The topological polar surface area (TPSA) is 57.5 Å². The zero-order valence-electron chi connectivity index (χ0n) is 7.80. The number of alkyl halides is 2. The molecule has 0 amide bonds. The number of fused-ring (bicyclic) bond motifs is 1. The third kappa shape index (κ3) is 1.78. The van der Waals surface area contributed by atoms with Gasteiger partial charge in [0.05, 0.1) is 0 Å². The van der Waals surface area contributed by atoms with E-state index in [1.807, 2.05) is 0 Å². The maximum atomic E-state index is 13.3. The van der Waals surface area contributed by atoms with Crippen LogP contribution in [0.4, 0.5) is 8.78 Å². The molecule has 86 valence electrons. The van der Waals surface area contributed by atoms with Crippen LogP contribution in [0, 0.1) is 0 Å². The van der Waals surface area contributed by atoms with Gasteiger partial charge in [0.25, 0.3) is 0 Å². The van der Waals surface area contributed by atoms with Crippen LogP contribution in [-0.4, -0.2) is 9.79 Å². The molecule has 2 N–H and O–H groups in total. The Kier molecular flexibility index (Phi) is 2.62. The molecule has 1 aromatic heterocycles. The van der Waals surface area contributed by atoms with Crippen LogP contribution in [-0.2, 0) is 10.2 Å². The molecule has 0 saturated heterocycles. The highest BCUT2D eigenvalue weighted by Gasteiger charge is 2.50. The molecule has 2 rings (SSSR count). The highest BCUT2D eigenvalue weighted by atomic mass is 32.1. The molecule has 0 unspecified atom stereocenters. The van der Waals surface area contributed by atoms with Crippen LogP contribution in [0.25, 0.3) is 10.1 Å². The van der Waals surface area contributed by atoms with E-state index in [4.69, 9.17) is 9.79 Å². The van der Waals surface area contributed by atoms with Gasteiger partial charge < -0.3 is 9.79 Å². The number of hydrogen-bond acceptors (Lipinski definition) is 2. The first kappa shape index (κ1) is 11.7. The van der Waals surface area contributed by atoms with E-state index in [0.29, 0.717) is 5.39 Å². The maximum Gasteiger partial charge on any atom is 0.399 e. The highest BCUT2D eigenvalue weighted by Crippen LogP contribution is 2.59. The van der Waals surface area contributed by atoms with Gasteiger partial charge in [-0.25, -0.2) is 0 Å². The highest BCUT2D eigenvalue weighted by molar-refractivity contribution is 7.52. The van der Waals surface area contributed by atoms with Crippen molar-refractivity contribution in [1.29, 1.82) is 0 Å². The summed E-state index contributed by atoms with van der Waals surface area (Å²) in [5.74, 6) is 0. The minimum absolute atomic E-state index is 0.552. The molecule has 0 aliphatic heterocycles. The van der Waals surface area contributed by atoms with Gasteiger partial charge in [-0.3, -0.25) is 4.57 Å². The first-order valence-electron chi connectivity index (χ1n) is 4.23. The van der Waals surface area contributed by atoms with E-state index in [9.17, 15) is 13.3 Å². The van der Waals surface area contributed by atoms with Crippen molar-refractivity contribution in [2.45, 2.75) is 5.66 Å². The lowest BCUT2D eigenvalue weighted by molar-refractivity contribution is 0.0566. The molecule has 1 heterocycles. The lowest BCUT2D eigenvalue weighted by Crippen LogP contribution is -2.13. The van der Waals surface area contributed by atoms with E-state index in [2.05, 4.69) is 0 Å². The molecule has 0 radical (unpaired) electrons. The molecule has 3 nitrogen and oxygen atoms in total. The Balaban J connectivity index is 2.59. The summed E-state index contributed by atoms with van der Waals surface area (Å²) >= 11 is 1.38. The summed E-state index contributed by atoms with van der Waals surface area (Å²) in [4.78, 5) is 17.2. The minimum atomic E-state index is -5.48. The smallest absolute Gasteiger partial charge is 0.320 e. The van der Waals surface area contributed by atoms with Crippen molar-refractivity contribution < 1.29 is 23.1 Å². The van der Waals surface area contributed by atoms with Gasteiger partial charge in [0.15, 0.2) is 0 Å². The van der Waals surface area contributed by atoms with Crippen LogP contribution in [0.15, 0.2) is 29.6 Å².